The number of benzene rings is 2. The number of aromatic nitrogens is 1. The number of halogens is 1. The fourth-order valence-electron chi connectivity index (χ4n) is 2.82. The molecule has 0 amide bonds. The highest BCUT2D eigenvalue weighted by atomic mass is 79.9. The fourth-order valence-corrected chi connectivity index (χ4v) is 4.81. The SMILES string of the molecule is CN(C)/C=C(/C#N)C(=O)c1cc2c(Br)cccc2n1S(=O)(=O)c1ccccc1. The number of carbonyl (C=O) groups excluding carboxylic acids is 1. The second-order valence-corrected chi connectivity index (χ2v) is 8.87. The van der Waals surface area contributed by atoms with Crippen molar-refractivity contribution in [2.24, 2.45) is 0 Å². The smallest absolute Gasteiger partial charge is 0.268 e. The van der Waals surface area contributed by atoms with E-state index in [4.69, 9.17) is 0 Å². The van der Waals surface area contributed by atoms with Crippen LogP contribution >= 0.6 is 15.9 Å². The highest BCUT2D eigenvalue weighted by Gasteiger charge is 2.28. The van der Waals surface area contributed by atoms with Crippen molar-refractivity contribution >= 4 is 42.6 Å². The van der Waals surface area contributed by atoms with Gasteiger partial charge in [-0.1, -0.05) is 40.2 Å². The number of hydrogen-bond donors (Lipinski definition) is 0. The van der Waals surface area contributed by atoms with E-state index in [0.29, 0.717) is 15.4 Å². The van der Waals surface area contributed by atoms with Crippen LogP contribution in [0.1, 0.15) is 10.5 Å². The monoisotopic (exact) mass is 457 g/mol. The quantitative estimate of drug-likeness (QED) is 0.330. The maximum absolute atomic E-state index is 13.4. The molecule has 0 saturated heterocycles. The van der Waals surface area contributed by atoms with Gasteiger partial charge in [-0.2, -0.15) is 5.26 Å². The molecule has 0 radical (unpaired) electrons. The van der Waals surface area contributed by atoms with Gasteiger partial charge in [-0.25, -0.2) is 12.4 Å². The lowest BCUT2D eigenvalue weighted by Crippen LogP contribution is -2.20. The summed E-state index contributed by atoms with van der Waals surface area (Å²) in [6, 6.07) is 16.3. The van der Waals surface area contributed by atoms with E-state index in [1.807, 2.05) is 6.07 Å². The zero-order valence-electron chi connectivity index (χ0n) is 15.1. The standard InChI is InChI=1S/C20H16BrN3O3S/c1-23(2)13-14(12-22)20(25)19-11-16-17(21)9-6-10-18(16)24(19)28(26,27)15-7-4-3-5-8-15/h3-11,13H,1-2H3/b14-13-. The number of ketones is 1. The zero-order chi connectivity index (χ0) is 20.5. The Bertz CT molecular complexity index is 1240. The first-order valence-corrected chi connectivity index (χ1v) is 10.4. The number of hydrogen-bond acceptors (Lipinski definition) is 5. The van der Waals surface area contributed by atoms with Crippen LogP contribution in [0.5, 0.6) is 0 Å². The summed E-state index contributed by atoms with van der Waals surface area (Å²) < 4.78 is 28.4. The summed E-state index contributed by atoms with van der Waals surface area (Å²) in [5.41, 5.74) is 0.0950. The minimum absolute atomic E-state index is 0.0524. The number of Topliss-reactive ketones (excluding diaryl/α,β-unsaturated/α-hetero) is 1. The molecule has 0 aliphatic carbocycles. The van der Waals surface area contributed by atoms with E-state index in [0.717, 1.165) is 3.97 Å². The van der Waals surface area contributed by atoms with Crippen LogP contribution in [-0.4, -0.2) is 37.2 Å². The van der Waals surface area contributed by atoms with Crippen molar-refractivity contribution in [3.63, 3.8) is 0 Å². The minimum atomic E-state index is -4.06. The maximum atomic E-state index is 13.4. The molecule has 0 spiro atoms. The molecule has 2 aromatic carbocycles. The van der Waals surface area contributed by atoms with Gasteiger partial charge in [-0.05, 0) is 30.3 Å². The molecule has 142 valence electrons. The Morgan fingerprint density at radius 2 is 1.82 bits per heavy atom. The molecule has 0 saturated carbocycles. The summed E-state index contributed by atoms with van der Waals surface area (Å²) >= 11 is 3.40. The Kier molecular flexibility index (Phi) is 5.40. The van der Waals surface area contributed by atoms with Crippen LogP contribution in [0.25, 0.3) is 10.9 Å². The van der Waals surface area contributed by atoms with Crippen LogP contribution in [0.15, 0.2) is 75.7 Å². The van der Waals surface area contributed by atoms with Crippen molar-refractivity contribution < 1.29 is 13.2 Å². The number of rotatable bonds is 5. The molecule has 0 bridgehead atoms. The Labute approximate surface area is 171 Å². The molecule has 0 atom stereocenters. The van der Waals surface area contributed by atoms with Crippen molar-refractivity contribution in [3.05, 3.63) is 76.5 Å². The first kappa shape index (κ1) is 19.9. The third-order valence-electron chi connectivity index (χ3n) is 4.01. The molecule has 28 heavy (non-hydrogen) atoms. The summed E-state index contributed by atoms with van der Waals surface area (Å²) in [5, 5.41) is 9.98. The molecule has 0 unspecified atom stereocenters. The summed E-state index contributed by atoms with van der Waals surface area (Å²) in [6.45, 7) is 0. The largest absolute Gasteiger partial charge is 0.382 e. The molecule has 3 rings (SSSR count). The van der Waals surface area contributed by atoms with Crippen LogP contribution in [0, 0.1) is 11.3 Å². The van der Waals surface area contributed by atoms with Gasteiger partial charge in [0, 0.05) is 30.2 Å². The van der Waals surface area contributed by atoms with Crippen molar-refractivity contribution in [1.29, 1.82) is 5.26 Å². The Hall–Kier alpha value is -2.89. The molecule has 8 heteroatoms. The predicted molar refractivity (Wildman–Crippen MR) is 110 cm³/mol. The van der Waals surface area contributed by atoms with Gasteiger partial charge < -0.3 is 4.90 Å². The normalized spacial score (nSPS) is 12.0. The van der Waals surface area contributed by atoms with Gasteiger partial charge in [-0.3, -0.25) is 4.79 Å². The van der Waals surface area contributed by atoms with Crippen LogP contribution in [-0.2, 0) is 10.0 Å². The molecule has 0 aliphatic rings. The van der Waals surface area contributed by atoms with Crippen molar-refractivity contribution in [3.8, 4) is 6.07 Å². The molecule has 0 N–H and O–H groups in total. The summed E-state index contributed by atoms with van der Waals surface area (Å²) in [6.07, 6.45) is 1.37. The van der Waals surface area contributed by atoms with Crippen molar-refractivity contribution in [2.45, 2.75) is 4.90 Å². The number of carbonyl (C=O) groups is 1. The fraction of sp³-hybridized carbons (Fsp3) is 0.100. The lowest BCUT2D eigenvalue weighted by molar-refractivity contribution is 0.103. The summed E-state index contributed by atoms with van der Waals surface area (Å²) in [4.78, 5) is 14.7. The zero-order valence-corrected chi connectivity index (χ0v) is 17.5. The number of allylic oxidation sites excluding steroid dienone is 1. The van der Waals surface area contributed by atoms with Gasteiger partial charge in [0.2, 0.25) is 5.78 Å². The molecule has 1 heterocycles. The van der Waals surface area contributed by atoms with Gasteiger partial charge >= 0.3 is 0 Å². The molecular weight excluding hydrogens is 442 g/mol. The van der Waals surface area contributed by atoms with E-state index >= 15 is 0 Å². The third kappa shape index (κ3) is 3.46. The van der Waals surface area contributed by atoms with E-state index < -0.39 is 15.8 Å². The maximum Gasteiger partial charge on any atom is 0.268 e. The molecule has 1 aromatic heterocycles. The van der Waals surface area contributed by atoms with Crippen molar-refractivity contribution in [1.82, 2.24) is 8.87 Å². The van der Waals surface area contributed by atoms with Gasteiger partial charge in [-0.15, -0.1) is 0 Å². The topological polar surface area (TPSA) is 83.2 Å². The molecule has 3 aromatic rings. The van der Waals surface area contributed by atoms with E-state index in [-0.39, 0.29) is 16.2 Å². The minimum Gasteiger partial charge on any atom is -0.382 e. The summed E-state index contributed by atoms with van der Waals surface area (Å²) in [5.74, 6) is -0.668. The number of nitrogens with zero attached hydrogens (tertiary/aromatic N) is 3. The number of fused-ring (bicyclic) bond motifs is 1. The molecular formula is C20H16BrN3O3S. The lowest BCUT2D eigenvalue weighted by atomic mass is 10.1. The first-order chi connectivity index (χ1) is 13.3. The second kappa shape index (κ2) is 7.62. The van der Waals surface area contributed by atoms with Crippen LogP contribution in [0.3, 0.4) is 0 Å². The predicted octanol–water partition coefficient (Wildman–Crippen LogP) is 3.79. The molecule has 0 aliphatic heterocycles. The van der Waals surface area contributed by atoms with E-state index in [9.17, 15) is 18.5 Å². The Morgan fingerprint density at radius 3 is 2.43 bits per heavy atom. The van der Waals surface area contributed by atoms with Crippen molar-refractivity contribution in [2.75, 3.05) is 14.1 Å². The van der Waals surface area contributed by atoms with E-state index in [1.54, 1.807) is 55.4 Å². The van der Waals surface area contributed by atoms with Crippen LogP contribution in [0.4, 0.5) is 0 Å². The Morgan fingerprint density at radius 1 is 1.14 bits per heavy atom. The van der Waals surface area contributed by atoms with E-state index in [1.165, 1.54) is 24.4 Å². The first-order valence-electron chi connectivity index (χ1n) is 8.21. The van der Waals surface area contributed by atoms with Crippen LogP contribution < -0.4 is 0 Å². The van der Waals surface area contributed by atoms with E-state index in [2.05, 4.69) is 15.9 Å². The molecule has 0 fully saturated rings. The van der Waals surface area contributed by atoms with Gasteiger partial charge in [0.25, 0.3) is 10.0 Å². The summed E-state index contributed by atoms with van der Waals surface area (Å²) in [7, 11) is -0.704. The Balaban J connectivity index is 2.37. The van der Waals surface area contributed by atoms with Crippen LogP contribution in [0.2, 0.25) is 0 Å². The third-order valence-corrected chi connectivity index (χ3v) is 6.45. The lowest BCUT2D eigenvalue weighted by Gasteiger charge is -2.12. The highest BCUT2D eigenvalue weighted by molar-refractivity contribution is 9.10. The van der Waals surface area contributed by atoms with Gasteiger partial charge in [0.05, 0.1) is 10.4 Å². The van der Waals surface area contributed by atoms with Gasteiger partial charge in [0.15, 0.2) is 0 Å². The average Bonchev–Trinajstić information content (AvgIpc) is 3.08. The van der Waals surface area contributed by atoms with Gasteiger partial charge in [0.1, 0.15) is 17.3 Å². The average molecular weight is 458 g/mol. The number of nitriles is 1. The molecule has 6 nitrogen and oxygen atoms in total. The highest BCUT2D eigenvalue weighted by Crippen LogP contribution is 2.31. The second-order valence-electron chi connectivity index (χ2n) is 6.23.